The van der Waals surface area contributed by atoms with Crippen molar-refractivity contribution >= 4 is 23.3 Å². The highest BCUT2D eigenvalue weighted by Crippen LogP contribution is 2.27. The Hall–Kier alpha value is -3.42. The van der Waals surface area contributed by atoms with Gasteiger partial charge in [-0.2, -0.15) is 0 Å². The summed E-state index contributed by atoms with van der Waals surface area (Å²) in [5, 5.41) is 13.7. The summed E-state index contributed by atoms with van der Waals surface area (Å²) in [6, 6.07) is 9.25. The van der Waals surface area contributed by atoms with Crippen LogP contribution in [0.4, 0.5) is 11.4 Å². The maximum Gasteiger partial charge on any atom is 0.338 e. The number of esters is 1. The van der Waals surface area contributed by atoms with E-state index in [1.165, 1.54) is 19.2 Å². The molecule has 0 saturated carbocycles. The van der Waals surface area contributed by atoms with Crippen LogP contribution in [0.1, 0.15) is 21.5 Å². The lowest BCUT2D eigenvalue weighted by atomic mass is 10.1. The van der Waals surface area contributed by atoms with E-state index < -0.39 is 23.4 Å². The van der Waals surface area contributed by atoms with Gasteiger partial charge in [-0.25, -0.2) is 4.79 Å². The second-order valence-corrected chi connectivity index (χ2v) is 5.53. The average molecular weight is 358 g/mol. The summed E-state index contributed by atoms with van der Waals surface area (Å²) in [4.78, 5) is 34.4. The van der Waals surface area contributed by atoms with Crippen LogP contribution in [-0.2, 0) is 9.53 Å². The van der Waals surface area contributed by atoms with E-state index in [1.54, 1.807) is 0 Å². The van der Waals surface area contributed by atoms with Crippen LogP contribution in [0.15, 0.2) is 36.4 Å². The van der Waals surface area contributed by atoms with Gasteiger partial charge in [-0.05, 0) is 37.1 Å². The maximum atomic E-state index is 12.0. The summed E-state index contributed by atoms with van der Waals surface area (Å²) in [7, 11) is 1.29. The van der Waals surface area contributed by atoms with Gasteiger partial charge < -0.3 is 14.8 Å². The lowest BCUT2D eigenvalue weighted by Gasteiger charge is -2.11. The summed E-state index contributed by atoms with van der Waals surface area (Å²) in [5.41, 5.74) is 2.03. The Labute approximate surface area is 149 Å². The van der Waals surface area contributed by atoms with Crippen LogP contribution in [0.25, 0.3) is 0 Å². The van der Waals surface area contributed by atoms with Gasteiger partial charge in [0.05, 0.1) is 17.6 Å². The molecule has 26 heavy (non-hydrogen) atoms. The molecule has 0 saturated heterocycles. The Morgan fingerprint density at radius 2 is 1.81 bits per heavy atom. The van der Waals surface area contributed by atoms with E-state index in [0.717, 1.165) is 17.2 Å². The van der Waals surface area contributed by atoms with Crippen molar-refractivity contribution < 1.29 is 24.0 Å². The van der Waals surface area contributed by atoms with Crippen molar-refractivity contribution in [3.05, 3.63) is 63.2 Å². The second-order valence-electron chi connectivity index (χ2n) is 5.53. The zero-order chi connectivity index (χ0) is 19.3. The molecule has 0 heterocycles. The molecular formula is C18H18N2O6. The van der Waals surface area contributed by atoms with Gasteiger partial charge in [0.1, 0.15) is 0 Å². The quantitative estimate of drug-likeness (QED) is 0.483. The molecule has 2 rings (SSSR count). The van der Waals surface area contributed by atoms with Crippen molar-refractivity contribution in [2.45, 2.75) is 13.8 Å². The molecule has 0 unspecified atom stereocenters. The third kappa shape index (κ3) is 4.35. The lowest BCUT2D eigenvalue weighted by Crippen LogP contribution is -2.21. The van der Waals surface area contributed by atoms with Gasteiger partial charge in [-0.15, -0.1) is 0 Å². The van der Waals surface area contributed by atoms with Crippen LogP contribution in [-0.4, -0.2) is 30.5 Å². The first-order valence-corrected chi connectivity index (χ1v) is 7.69. The van der Waals surface area contributed by atoms with E-state index in [-0.39, 0.29) is 17.0 Å². The lowest BCUT2D eigenvalue weighted by molar-refractivity contribution is -0.385. The monoisotopic (exact) mass is 358 g/mol. The van der Waals surface area contributed by atoms with Crippen molar-refractivity contribution in [1.29, 1.82) is 0 Å². The topological polar surface area (TPSA) is 108 Å². The second kappa shape index (κ2) is 8.11. The number of nitro benzene ring substituents is 1. The predicted molar refractivity (Wildman–Crippen MR) is 94.5 cm³/mol. The fourth-order valence-electron chi connectivity index (χ4n) is 2.36. The number of aryl methyl sites for hydroxylation is 2. The maximum absolute atomic E-state index is 12.0. The number of hydrogen-bond acceptors (Lipinski definition) is 6. The molecule has 2 aromatic rings. The summed E-state index contributed by atoms with van der Waals surface area (Å²) in [6.45, 7) is 3.20. The highest BCUT2D eigenvalue weighted by molar-refractivity contribution is 5.96. The first kappa shape index (κ1) is 18.9. The van der Waals surface area contributed by atoms with Crippen LogP contribution in [0.5, 0.6) is 5.75 Å². The third-order valence-electron chi connectivity index (χ3n) is 3.69. The van der Waals surface area contributed by atoms with Crippen LogP contribution in [0.2, 0.25) is 0 Å². The fraction of sp³-hybridized carbons (Fsp3) is 0.222. The van der Waals surface area contributed by atoms with Crippen LogP contribution in [0, 0.1) is 24.0 Å². The molecule has 0 atom stereocenters. The zero-order valence-electron chi connectivity index (χ0n) is 14.6. The SMILES string of the molecule is COc1ccc(C(=O)OCC(=O)Nc2c(C)cccc2C)cc1[N+](=O)[O-]. The number of nitrogens with one attached hydrogen (secondary N) is 1. The summed E-state index contributed by atoms with van der Waals surface area (Å²) in [5.74, 6) is -1.31. The molecule has 0 bridgehead atoms. The van der Waals surface area contributed by atoms with E-state index in [9.17, 15) is 19.7 Å². The van der Waals surface area contributed by atoms with Gasteiger partial charge in [0, 0.05) is 11.8 Å². The van der Waals surface area contributed by atoms with Crippen molar-refractivity contribution in [3.63, 3.8) is 0 Å². The number of anilines is 1. The van der Waals surface area contributed by atoms with Crippen molar-refractivity contribution in [1.82, 2.24) is 0 Å². The van der Waals surface area contributed by atoms with Gasteiger partial charge in [-0.3, -0.25) is 14.9 Å². The Morgan fingerprint density at radius 3 is 2.38 bits per heavy atom. The number of nitro groups is 1. The van der Waals surface area contributed by atoms with E-state index in [1.807, 2.05) is 32.0 Å². The van der Waals surface area contributed by atoms with Crippen LogP contribution in [0.3, 0.4) is 0 Å². The van der Waals surface area contributed by atoms with Gasteiger partial charge in [0.2, 0.25) is 0 Å². The molecule has 0 aliphatic carbocycles. The Bertz CT molecular complexity index is 843. The first-order chi connectivity index (χ1) is 12.3. The highest BCUT2D eigenvalue weighted by atomic mass is 16.6. The van der Waals surface area contributed by atoms with E-state index >= 15 is 0 Å². The zero-order valence-corrected chi connectivity index (χ0v) is 14.6. The molecule has 0 spiro atoms. The Morgan fingerprint density at radius 1 is 1.15 bits per heavy atom. The summed E-state index contributed by atoms with van der Waals surface area (Å²) < 4.78 is 9.81. The van der Waals surface area contributed by atoms with Gasteiger partial charge in [-0.1, -0.05) is 18.2 Å². The van der Waals surface area contributed by atoms with E-state index in [4.69, 9.17) is 9.47 Å². The smallest absolute Gasteiger partial charge is 0.338 e. The summed E-state index contributed by atoms with van der Waals surface area (Å²) >= 11 is 0. The van der Waals surface area contributed by atoms with Gasteiger partial charge in [0.15, 0.2) is 12.4 Å². The number of ether oxygens (including phenoxy) is 2. The number of carbonyl (C=O) groups is 2. The minimum Gasteiger partial charge on any atom is -0.490 e. The molecule has 1 amide bonds. The number of hydrogen-bond donors (Lipinski definition) is 1. The predicted octanol–water partition coefficient (Wildman–Crippen LogP) is 3.02. The minimum absolute atomic E-state index is 0.0271. The number of para-hydroxylation sites is 1. The van der Waals surface area contributed by atoms with E-state index in [2.05, 4.69) is 5.32 Å². The Balaban J connectivity index is 2.03. The third-order valence-corrected chi connectivity index (χ3v) is 3.69. The van der Waals surface area contributed by atoms with Gasteiger partial charge in [0.25, 0.3) is 5.91 Å². The van der Waals surface area contributed by atoms with Crippen molar-refractivity contribution in [3.8, 4) is 5.75 Å². The largest absolute Gasteiger partial charge is 0.490 e. The number of rotatable bonds is 6. The van der Waals surface area contributed by atoms with Crippen LogP contribution < -0.4 is 10.1 Å². The molecule has 0 aromatic heterocycles. The number of nitrogens with zero attached hydrogens (tertiary/aromatic N) is 1. The standard InChI is InChI=1S/C18H18N2O6/c1-11-5-4-6-12(2)17(11)19-16(21)10-26-18(22)13-7-8-15(25-3)14(9-13)20(23)24/h4-9H,10H2,1-3H3,(H,19,21). The molecule has 136 valence electrons. The molecule has 0 radical (unpaired) electrons. The molecule has 0 fully saturated rings. The molecule has 2 aromatic carbocycles. The molecule has 0 aliphatic heterocycles. The molecule has 8 heteroatoms. The Kier molecular flexibility index (Phi) is 5.90. The molecule has 1 N–H and O–H groups in total. The number of methoxy groups -OCH3 is 1. The summed E-state index contributed by atoms with van der Waals surface area (Å²) in [6.07, 6.45) is 0. The van der Waals surface area contributed by atoms with Crippen LogP contribution >= 0.6 is 0 Å². The normalized spacial score (nSPS) is 10.1. The van der Waals surface area contributed by atoms with Gasteiger partial charge >= 0.3 is 11.7 Å². The first-order valence-electron chi connectivity index (χ1n) is 7.69. The fourth-order valence-corrected chi connectivity index (χ4v) is 2.36. The number of benzene rings is 2. The number of carbonyl (C=O) groups excluding carboxylic acids is 2. The molecule has 8 nitrogen and oxygen atoms in total. The van der Waals surface area contributed by atoms with Crippen molar-refractivity contribution in [2.75, 3.05) is 19.0 Å². The molecule has 0 aliphatic rings. The highest BCUT2D eigenvalue weighted by Gasteiger charge is 2.19. The van der Waals surface area contributed by atoms with Crippen molar-refractivity contribution in [2.24, 2.45) is 0 Å². The average Bonchev–Trinajstić information content (AvgIpc) is 2.62. The van der Waals surface area contributed by atoms with E-state index in [0.29, 0.717) is 5.69 Å². The number of amides is 1. The minimum atomic E-state index is -0.840. The molecular weight excluding hydrogens is 340 g/mol.